The molecule has 0 aromatic heterocycles. The van der Waals surface area contributed by atoms with Gasteiger partial charge in [0.25, 0.3) is 0 Å². The van der Waals surface area contributed by atoms with Gasteiger partial charge in [-0.2, -0.15) is 0 Å². The smallest absolute Gasteiger partial charge is 0.119 e. The van der Waals surface area contributed by atoms with Crippen LogP contribution in [0.4, 0.5) is 0 Å². The molecule has 0 saturated carbocycles. The summed E-state index contributed by atoms with van der Waals surface area (Å²) in [5.74, 6) is 2.59. The Morgan fingerprint density at radius 1 is 1.15 bits per heavy atom. The van der Waals surface area contributed by atoms with Crippen molar-refractivity contribution in [2.24, 2.45) is 0 Å². The zero-order valence-corrected chi connectivity index (χ0v) is 12.5. The molecule has 0 fully saturated rings. The van der Waals surface area contributed by atoms with E-state index >= 15 is 0 Å². The Morgan fingerprint density at radius 3 is 2.75 bits per heavy atom. The van der Waals surface area contributed by atoms with Gasteiger partial charge in [-0.25, -0.2) is 0 Å². The number of benzene rings is 2. The molecule has 1 aliphatic heterocycles. The molecule has 2 nitrogen and oxygen atoms in total. The van der Waals surface area contributed by atoms with Crippen LogP contribution in [0.2, 0.25) is 0 Å². The van der Waals surface area contributed by atoms with E-state index in [4.69, 9.17) is 4.74 Å². The maximum absolute atomic E-state index is 5.95. The second-order valence-corrected chi connectivity index (χ2v) is 6.09. The highest BCUT2D eigenvalue weighted by atomic mass is 32.2. The van der Waals surface area contributed by atoms with E-state index in [-0.39, 0.29) is 0 Å². The summed E-state index contributed by atoms with van der Waals surface area (Å²) < 4.78 is 5.95. The van der Waals surface area contributed by atoms with E-state index in [0.717, 1.165) is 24.7 Å². The highest BCUT2D eigenvalue weighted by Gasteiger charge is 2.23. The van der Waals surface area contributed by atoms with Crippen molar-refractivity contribution in [2.75, 3.05) is 19.4 Å². The van der Waals surface area contributed by atoms with Crippen molar-refractivity contribution < 1.29 is 4.74 Å². The average Bonchev–Trinajstić information content (AvgIpc) is 2.90. The van der Waals surface area contributed by atoms with Gasteiger partial charge in [0.15, 0.2) is 0 Å². The van der Waals surface area contributed by atoms with Crippen molar-refractivity contribution in [3.05, 3.63) is 59.7 Å². The van der Waals surface area contributed by atoms with Gasteiger partial charge in [-0.1, -0.05) is 30.3 Å². The Morgan fingerprint density at radius 2 is 1.95 bits per heavy atom. The first-order chi connectivity index (χ1) is 9.86. The van der Waals surface area contributed by atoms with Crippen molar-refractivity contribution in [1.82, 2.24) is 5.32 Å². The second-order valence-electron chi connectivity index (χ2n) is 5.03. The lowest BCUT2D eigenvalue weighted by Crippen LogP contribution is -2.10. The van der Waals surface area contributed by atoms with Crippen LogP contribution in [0, 0.1) is 0 Å². The van der Waals surface area contributed by atoms with E-state index in [1.165, 1.54) is 16.0 Å². The summed E-state index contributed by atoms with van der Waals surface area (Å²) in [7, 11) is 1.96. The van der Waals surface area contributed by atoms with Gasteiger partial charge >= 0.3 is 0 Å². The Balaban J connectivity index is 1.60. The molecule has 3 heteroatoms. The Kier molecular flexibility index (Phi) is 4.28. The number of thioether (sulfide) groups is 1. The maximum atomic E-state index is 5.95. The second kappa shape index (κ2) is 6.33. The molecule has 1 aliphatic rings. The first-order valence-electron chi connectivity index (χ1n) is 6.95. The molecule has 1 N–H and O–H groups in total. The van der Waals surface area contributed by atoms with Gasteiger partial charge in [0.05, 0.1) is 6.61 Å². The molecule has 0 saturated heterocycles. The molecule has 0 amide bonds. The first kappa shape index (κ1) is 13.5. The van der Waals surface area contributed by atoms with Crippen LogP contribution in [-0.4, -0.2) is 19.4 Å². The summed E-state index contributed by atoms with van der Waals surface area (Å²) in [5, 5.41) is 3.15. The van der Waals surface area contributed by atoms with Gasteiger partial charge in [-0.15, -0.1) is 11.8 Å². The van der Waals surface area contributed by atoms with E-state index in [1.807, 2.05) is 18.8 Å². The quantitative estimate of drug-likeness (QED) is 0.905. The van der Waals surface area contributed by atoms with Gasteiger partial charge in [0.1, 0.15) is 5.75 Å². The van der Waals surface area contributed by atoms with Crippen LogP contribution in [0.1, 0.15) is 17.0 Å². The lowest BCUT2D eigenvalue weighted by Gasteiger charge is -2.13. The van der Waals surface area contributed by atoms with Crippen molar-refractivity contribution >= 4 is 11.8 Å². The fraction of sp³-hybridized carbons (Fsp3) is 0.294. The Bertz CT molecular complexity index is 567. The molecule has 104 valence electrons. The largest absolute Gasteiger partial charge is 0.493 e. The van der Waals surface area contributed by atoms with Crippen molar-refractivity contribution in [1.29, 1.82) is 0 Å². The first-order valence-corrected chi connectivity index (χ1v) is 7.93. The molecule has 2 aromatic carbocycles. The molecule has 1 heterocycles. The van der Waals surface area contributed by atoms with Crippen LogP contribution >= 0.6 is 11.8 Å². The Labute approximate surface area is 124 Å². The van der Waals surface area contributed by atoms with Gasteiger partial charge in [0, 0.05) is 23.1 Å². The lowest BCUT2D eigenvalue weighted by atomic mass is 10.0. The zero-order chi connectivity index (χ0) is 13.8. The van der Waals surface area contributed by atoms with Crippen molar-refractivity contribution in [2.45, 2.75) is 17.4 Å². The summed E-state index contributed by atoms with van der Waals surface area (Å²) in [6.07, 6.45) is 0. The van der Waals surface area contributed by atoms with E-state index < -0.39 is 0 Å². The van der Waals surface area contributed by atoms with Crippen molar-refractivity contribution in [3.63, 3.8) is 0 Å². The molecule has 0 spiro atoms. The monoisotopic (exact) mass is 285 g/mol. The van der Waals surface area contributed by atoms with Crippen LogP contribution < -0.4 is 10.1 Å². The van der Waals surface area contributed by atoms with Crippen LogP contribution in [0.15, 0.2) is 53.4 Å². The lowest BCUT2D eigenvalue weighted by molar-refractivity contribution is 0.298. The van der Waals surface area contributed by atoms with E-state index in [0.29, 0.717) is 5.92 Å². The standard InChI is InChI=1S/C17H19NOS/c1-18-10-13-6-8-15(9-7-13)19-11-14-12-20-17-5-3-2-4-16(14)17/h2-9,14,18H,10-12H2,1H3. The number of nitrogens with one attached hydrogen (secondary N) is 1. The highest BCUT2D eigenvalue weighted by Crippen LogP contribution is 2.39. The van der Waals surface area contributed by atoms with Crippen LogP contribution in [0.25, 0.3) is 0 Å². The highest BCUT2D eigenvalue weighted by molar-refractivity contribution is 7.99. The summed E-state index contributed by atoms with van der Waals surface area (Å²) in [6, 6.07) is 17.0. The van der Waals surface area contributed by atoms with E-state index in [9.17, 15) is 0 Å². The minimum absolute atomic E-state index is 0.508. The molecular weight excluding hydrogens is 266 g/mol. The van der Waals surface area contributed by atoms with Gasteiger partial charge in [-0.05, 0) is 36.4 Å². The summed E-state index contributed by atoms with van der Waals surface area (Å²) in [6.45, 7) is 1.66. The fourth-order valence-corrected chi connectivity index (χ4v) is 3.70. The van der Waals surface area contributed by atoms with E-state index in [1.54, 1.807) is 0 Å². The maximum Gasteiger partial charge on any atom is 0.119 e. The molecule has 0 bridgehead atoms. The molecular formula is C17H19NOS. The predicted octanol–water partition coefficient (Wildman–Crippen LogP) is 3.67. The summed E-state index contributed by atoms with van der Waals surface area (Å²) in [5.41, 5.74) is 2.71. The molecule has 2 aromatic rings. The number of hydrogen-bond acceptors (Lipinski definition) is 3. The van der Waals surface area contributed by atoms with Crippen LogP contribution in [0.5, 0.6) is 5.75 Å². The third kappa shape index (κ3) is 3.00. The van der Waals surface area contributed by atoms with Crippen LogP contribution in [0.3, 0.4) is 0 Å². The van der Waals surface area contributed by atoms with Crippen molar-refractivity contribution in [3.8, 4) is 5.75 Å². The summed E-state index contributed by atoms with van der Waals surface area (Å²) >= 11 is 1.93. The predicted molar refractivity (Wildman–Crippen MR) is 84.6 cm³/mol. The molecule has 0 aliphatic carbocycles. The Hall–Kier alpha value is -1.45. The number of fused-ring (bicyclic) bond motifs is 1. The minimum atomic E-state index is 0.508. The number of rotatable bonds is 5. The zero-order valence-electron chi connectivity index (χ0n) is 11.6. The topological polar surface area (TPSA) is 21.3 Å². The fourth-order valence-electron chi connectivity index (χ4n) is 2.47. The molecule has 1 atom stereocenters. The third-order valence-electron chi connectivity index (χ3n) is 3.55. The van der Waals surface area contributed by atoms with Gasteiger partial charge < -0.3 is 10.1 Å². The van der Waals surface area contributed by atoms with Gasteiger partial charge in [0.2, 0.25) is 0 Å². The molecule has 0 radical (unpaired) electrons. The molecule has 3 rings (SSSR count). The average molecular weight is 285 g/mol. The molecule has 1 unspecified atom stereocenters. The SMILES string of the molecule is CNCc1ccc(OCC2CSc3ccccc32)cc1. The van der Waals surface area contributed by atoms with Crippen LogP contribution in [-0.2, 0) is 6.54 Å². The van der Waals surface area contributed by atoms with Gasteiger partial charge in [-0.3, -0.25) is 0 Å². The minimum Gasteiger partial charge on any atom is -0.493 e. The molecule has 20 heavy (non-hydrogen) atoms. The normalized spacial score (nSPS) is 16.9. The number of ether oxygens (including phenoxy) is 1. The summed E-state index contributed by atoms with van der Waals surface area (Å²) in [4.78, 5) is 1.41. The third-order valence-corrected chi connectivity index (χ3v) is 4.81. The van der Waals surface area contributed by atoms with E-state index in [2.05, 4.69) is 53.8 Å². The number of hydrogen-bond donors (Lipinski definition) is 1.